The summed E-state index contributed by atoms with van der Waals surface area (Å²) in [5.41, 5.74) is 2.41. The molecule has 0 fully saturated rings. The van der Waals surface area contributed by atoms with Crippen molar-refractivity contribution in [3.05, 3.63) is 126 Å². The van der Waals surface area contributed by atoms with E-state index >= 15 is 0 Å². The van der Waals surface area contributed by atoms with Crippen LogP contribution in [0.1, 0.15) is 30.4 Å². The van der Waals surface area contributed by atoms with Gasteiger partial charge in [-0.1, -0.05) is 103 Å². The molecule has 0 saturated carbocycles. The summed E-state index contributed by atoms with van der Waals surface area (Å²) >= 11 is 0. The van der Waals surface area contributed by atoms with E-state index in [-0.39, 0.29) is 45.1 Å². The first-order valence-corrected chi connectivity index (χ1v) is 16.3. The average Bonchev–Trinajstić information content (AvgIpc) is 3.10. The molecule has 5 rings (SSSR count). The zero-order valence-electron chi connectivity index (χ0n) is 26.8. The Hall–Kier alpha value is -5.28. The third-order valence-corrected chi connectivity index (χ3v) is 8.44. The van der Waals surface area contributed by atoms with Gasteiger partial charge in [0.25, 0.3) is 5.91 Å². The summed E-state index contributed by atoms with van der Waals surface area (Å²) in [5.74, 6) is -3.12. The normalized spacial score (nSPS) is 18.6. The highest BCUT2D eigenvalue weighted by molar-refractivity contribution is 5.99. The first kappa shape index (κ1) is 34.1. The van der Waals surface area contributed by atoms with E-state index < -0.39 is 35.7 Å². The molecule has 0 spiro atoms. The van der Waals surface area contributed by atoms with E-state index in [0.717, 1.165) is 21.9 Å². The van der Waals surface area contributed by atoms with Gasteiger partial charge >= 0.3 is 5.97 Å². The molecule has 3 amide bonds. The molecule has 0 aliphatic carbocycles. The predicted molar refractivity (Wildman–Crippen MR) is 185 cm³/mol. The zero-order valence-corrected chi connectivity index (χ0v) is 26.8. The van der Waals surface area contributed by atoms with E-state index in [2.05, 4.69) is 10.6 Å². The second kappa shape index (κ2) is 17.0. The topological polar surface area (TPSA) is 125 Å². The summed E-state index contributed by atoms with van der Waals surface area (Å²) in [6.45, 7) is -0.186. The number of benzene rings is 4. The lowest BCUT2D eigenvalue weighted by atomic mass is 9.94. The number of cyclic esters (lactones) is 1. The summed E-state index contributed by atoms with van der Waals surface area (Å²) in [5, 5.41) is 17.3. The number of allylic oxidation sites excluding steroid dienone is 2. The summed E-state index contributed by atoms with van der Waals surface area (Å²) in [6.07, 6.45) is 4.57. The number of esters is 1. The van der Waals surface area contributed by atoms with Gasteiger partial charge in [-0.15, -0.1) is 0 Å². The Morgan fingerprint density at radius 3 is 2.17 bits per heavy atom. The van der Waals surface area contributed by atoms with Crippen molar-refractivity contribution in [2.24, 2.45) is 11.8 Å². The minimum Gasteiger partial charge on any atom is -0.463 e. The maximum atomic E-state index is 13.7. The molecule has 4 aromatic carbocycles. The van der Waals surface area contributed by atoms with Gasteiger partial charge in [0.15, 0.2) is 0 Å². The van der Waals surface area contributed by atoms with Gasteiger partial charge in [0.2, 0.25) is 11.8 Å². The fourth-order valence-corrected chi connectivity index (χ4v) is 5.77. The Bertz CT molecular complexity index is 1730. The maximum absolute atomic E-state index is 13.7. The molecular weight excluding hydrogens is 606 g/mol. The molecular formula is C39H41N3O6. The van der Waals surface area contributed by atoms with Crippen LogP contribution in [0.4, 0.5) is 5.69 Å². The van der Waals surface area contributed by atoms with E-state index in [1.54, 1.807) is 6.07 Å². The van der Waals surface area contributed by atoms with Crippen LogP contribution in [0, 0.1) is 11.8 Å². The van der Waals surface area contributed by atoms with Crippen molar-refractivity contribution in [3.8, 4) is 0 Å². The Balaban J connectivity index is 1.37. The Morgan fingerprint density at radius 1 is 0.812 bits per heavy atom. The van der Waals surface area contributed by atoms with Crippen LogP contribution < -0.4 is 10.6 Å². The van der Waals surface area contributed by atoms with E-state index in [4.69, 9.17) is 4.74 Å². The van der Waals surface area contributed by atoms with Gasteiger partial charge in [0.05, 0.1) is 18.4 Å². The number of aliphatic hydroxyl groups is 1. The molecule has 9 heteroatoms. The smallest absolute Gasteiger partial charge is 0.309 e. The number of rotatable bonds is 10. The van der Waals surface area contributed by atoms with Crippen LogP contribution in [0.15, 0.2) is 115 Å². The molecule has 0 bridgehead atoms. The number of nitrogens with one attached hydrogen (secondary N) is 2. The molecule has 1 aliphatic rings. The van der Waals surface area contributed by atoms with Gasteiger partial charge in [0, 0.05) is 25.2 Å². The Morgan fingerprint density at radius 2 is 1.46 bits per heavy atom. The van der Waals surface area contributed by atoms with Gasteiger partial charge in [-0.2, -0.15) is 0 Å². The number of anilines is 1. The summed E-state index contributed by atoms with van der Waals surface area (Å²) in [4.78, 5) is 55.8. The second-order valence-corrected chi connectivity index (χ2v) is 12.0. The van der Waals surface area contributed by atoms with Crippen molar-refractivity contribution in [3.63, 3.8) is 0 Å². The van der Waals surface area contributed by atoms with Gasteiger partial charge in [-0.3, -0.25) is 19.2 Å². The molecule has 9 nitrogen and oxygen atoms in total. The third kappa shape index (κ3) is 9.62. The molecule has 3 N–H and O–H groups in total. The summed E-state index contributed by atoms with van der Waals surface area (Å²) in [7, 11) is 0. The van der Waals surface area contributed by atoms with E-state index in [0.29, 0.717) is 18.5 Å². The number of hydrogen-bond acceptors (Lipinski definition) is 6. The molecule has 1 heterocycles. The largest absolute Gasteiger partial charge is 0.463 e. The molecule has 0 radical (unpaired) electrons. The molecule has 3 atom stereocenters. The molecule has 248 valence electrons. The number of ether oxygens (including phenoxy) is 1. The second-order valence-electron chi connectivity index (χ2n) is 12.0. The standard InChI is InChI=1S/C39H41N3O6/c43-22-21-42(26-29-13-5-2-6-14-29)36(44)25-32-17-9-10-18-33(23-28-11-3-1-4-12-28)39(47)48-27-35(41-37(32)45)38(46)40-34-20-19-30-15-7-8-16-31(30)24-34/h1-16,19-20,24,32-33,35,43H,17-18,21-23,25-27H2,(H,40,46)(H,41,45)/t32-,33-,35+/m1/s1. The monoisotopic (exact) mass is 647 g/mol. The van der Waals surface area contributed by atoms with Crippen LogP contribution in [-0.4, -0.2) is 59.5 Å². The molecule has 48 heavy (non-hydrogen) atoms. The van der Waals surface area contributed by atoms with Crippen molar-refractivity contribution in [1.82, 2.24) is 10.2 Å². The number of nitrogens with zero attached hydrogens (tertiary/aromatic N) is 1. The van der Waals surface area contributed by atoms with Gasteiger partial charge in [0.1, 0.15) is 12.6 Å². The maximum Gasteiger partial charge on any atom is 0.309 e. The quantitative estimate of drug-likeness (QED) is 0.164. The number of hydrogen-bond donors (Lipinski definition) is 3. The summed E-state index contributed by atoms with van der Waals surface area (Å²) in [6, 6.07) is 31.1. The highest BCUT2D eigenvalue weighted by atomic mass is 16.5. The molecule has 1 aliphatic heterocycles. The van der Waals surface area contributed by atoms with Crippen LogP contribution in [0.2, 0.25) is 0 Å². The van der Waals surface area contributed by atoms with Crippen molar-refractivity contribution in [2.45, 2.75) is 38.3 Å². The summed E-state index contributed by atoms with van der Waals surface area (Å²) < 4.78 is 5.69. The first-order valence-electron chi connectivity index (χ1n) is 16.3. The van der Waals surface area contributed by atoms with E-state index in [1.807, 2.05) is 109 Å². The number of fused-ring (bicyclic) bond motifs is 1. The fraction of sp³-hybridized carbons (Fsp3) is 0.282. The van der Waals surface area contributed by atoms with Gasteiger partial charge < -0.3 is 25.4 Å². The Kier molecular flexibility index (Phi) is 12.1. The lowest BCUT2D eigenvalue weighted by Crippen LogP contribution is -2.50. The van der Waals surface area contributed by atoms with Crippen molar-refractivity contribution in [2.75, 3.05) is 25.1 Å². The van der Waals surface area contributed by atoms with E-state index in [1.165, 1.54) is 4.90 Å². The fourth-order valence-electron chi connectivity index (χ4n) is 5.77. The first-order chi connectivity index (χ1) is 23.4. The Labute approximate surface area is 280 Å². The lowest BCUT2D eigenvalue weighted by Gasteiger charge is -2.26. The lowest BCUT2D eigenvalue weighted by molar-refractivity contribution is -0.150. The minimum absolute atomic E-state index is 0.117. The highest BCUT2D eigenvalue weighted by Gasteiger charge is 2.31. The predicted octanol–water partition coefficient (Wildman–Crippen LogP) is 5.04. The minimum atomic E-state index is -1.20. The molecule has 0 aromatic heterocycles. The number of amides is 3. The van der Waals surface area contributed by atoms with Crippen molar-refractivity contribution in [1.29, 1.82) is 0 Å². The molecule has 0 saturated heterocycles. The number of aliphatic hydroxyl groups excluding tert-OH is 1. The van der Waals surface area contributed by atoms with Crippen molar-refractivity contribution < 1.29 is 29.0 Å². The van der Waals surface area contributed by atoms with Crippen LogP contribution >= 0.6 is 0 Å². The van der Waals surface area contributed by atoms with Crippen LogP contribution in [0.25, 0.3) is 10.8 Å². The molecule has 4 aromatic rings. The van der Waals surface area contributed by atoms with Gasteiger partial charge in [-0.25, -0.2) is 0 Å². The SMILES string of the molecule is O=C1N[C@H](C(=O)Nc2ccc3ccccc3c2)COC(=O)[C@@H](Cc2ccccc2)CC=CC[C@@H]1CC(=O)N(CCO)Cc1ccccc1. The highest BCUT2D eigenvalue weighted by Crippen LogP contribution is 2.21. The van der Waals surface area contributed by atoms with E-state index in [9.17, 15) is 24.3 Å². The zero-order chi connectivity index (χ0) is 33.7. The van der Waals surface area contributed by atoms with Crippen LogP contribution in [0.3, 0.4) is 0 Å². The number of carbonyl (C=O) groups excluding carboxylic acids is 4. The average molecular weight is 648 g/mol. The third-order valence-electron chi connectivity index (χ3n) is 8.44. The molecule has 0 unspecified atom stereocenters. The number of carbonyl (C=O) groups is 4. The van der Waals surface area contributed by atoms with Crippen LogP contribution in [-0.2, 0) is 36.9 Å². The van der Waals surface area contributed by atoms with Gasteiger partial charge in [-0.05, 0) is 53.3 Å². The van der Waals surface area contributed by atoms with Crippen molar-refractivity contribution >= 4 is 40.2 Å². The van der Waals surface area contributed by atoms with Crippen LogP contribution in [0.5, 0.6) is 0 Å².